The van der Waals surface area contributed by atoms with Crippen LogP contribution < -0.4 is 14.8 Å². The highest BCUT2D eigenvalue weighted by atomic mass is 79.9. The average molecular weight is 344 g/mol. The Morgan fingerprint density at radius 3 is 2.90 bits per heavy atom. The summed E-state index contributed by atoms with van der Waals surface area (Å²) in [6, 6.07) is 5.10. The molecular formula is C13H14BrNO5. The van der Waals surface area contributed by atoms with Gasteiger partial charge in [0.05, 0.1) is 12.7 Å². The maximum absolute atomic E-state index is 12.1. The molecule has 1 unspecified atom stereocenters. The molecule has 1 N–H and O–H groups in total. The van der Waals surface area contributed by atoms with Crippen molar-refractivity contribution in [1.82, 2.24) is 5.32 Å². The first-order chi connectivity index (χ1) is 9.63. The number of para-hydroxylation sites is 1. The van der Waals surface area contributed by atoms with E-state index in [1.165, 1.54) is 7.11 Å². The van der Waals surface area contributed by atoms with Crippen molar-refractivity contribution in [1.29, 1.82) is 0 Å². The number of rotatable bonds is 4. The fourth-order valence-corrected chi connectivity index (χ4v) is 2.09. The predicted octanol–water partition coefficient (Wildman–Crippen LogP) is 1.12. The molecule has 1 aromatic carbocycles. The van der Waals surface area contributed by atoms with Gasteiger partial charge in [-0.15, -0.1) is 0 Å². The van der Waals surface area contributed by atoms with Gasteiger partial charge in [-0.1, -0.05) is 22.0 Å². The van der Waals surface area contributed by atoms with Crippen molar-refractivity contribution >= 4 is 27.8 Å². The van der Waals surface area contributed by atoms with Gasteiger partial charge in [-0.25, -0.2) is 0 Å². The predicted molar refractivity (Wildman–Crippen MR) is 74.5 cm³/mol. The van der Waals surface area contributed by atoms with E-state index < -0.39 is 10.8 Å². The SMILES string of the molecule is COC(=O)C(Br)CNC(=O)c1cccc2c1OCCO2. The number of esters is 1. The zero-order valence-electron chi connectivity index (χ0n) is 10.8. The summed E-state index contributed by atoms with van der Waals surface area (Å²) in [5, 5.41) is 2.64. The lowest BCUT2D eigenvalue weighted by molar-refractivity contribution is -0.139. The second-order valence-corrected chi connectivity index (χ2v) is 5.14. The van der Waals surface area contributed by atoms with E-state index in [1.807, 2.05) is 0 Å². The molecule has 1 aliphatic rings. The van der Waals surface area contributed by atoms with E-state index in [2.05, 4.69) is 26.0 Å². The van der Waals surface area contributed by atoms with Crippen LogP contribution in [0.1, 0.15) is 10.4 Å². The Bertz CT molecular complexity index is 519. The van der Waals surface area contributed by atoms with Crippen LogP contribution >= 0.6 is 15.9 Å². The van der Waals surface area contributed by atoms with Gasteiger partial charge in [0, 0.05) is 6.54 Å². The molecule has 0 radical (unpaired) electrons. The number of carbonyl (C=O) groups is 2. The van der Waals surface area contributed by atoms with Gasteiger partial charge in [0.25, 0.3) is 5.91 Å². The molecular weight excluding hydrogens is 330 g/mol. The molecule has 0 spiro atoms. The van der Waals surface area contributed by atoms with Gasteiger partial charge in [-0.3, -0.25) is 9.59 Å². The summed E-state index contributed by atoms with van der Waals surface area (Å²) >= 11 is 3.13. The number of halogens is 1. The summed E-state index contributed by atoms with van der Waals surface area (Å²) in [5.74, 6) is 0.202. The number of benzene rings is 1. The number of nitrogens with one attached hydrogen (secondary N) is 1. The van der Waals surface area contributed by atoms with Crippen LogP contribution in [-0.4, -0.2) is 43.6 Å². The van der Waals surface area contributed by atoms with Crippen molar-refractivity contribution in [3.8, 4) is 11.5 Å². The van der Waals surface area contributed by atoms with Crippen LogP contribution in [0.3, 0.4) is 0 Å². The van der Waals surface area contributed by atoms with Gasteiger partial charge in [0.2, 0.25) is 0 Å². The molecule has 1 aliphatic heterocycles. The molecule has 0 saturated heterocycles. The number of carbonyl (C=O) groups excluding carboxylic acids is 2. The first-order valence-electron chi connectivity index (χ1n) is 6.02. The average Bonchev–Trinajstić information content (AvgIpc) is 2.50. The molecule has 1 amide bonds. The Hall–Kier alpha value is -1.76. The Morgan fingerprint density at radius 1 is 1.40 bits per heavy atom. The van der Waals surface area contributed by atoms with Crippen molar-refractivity contribution < 1.29 is 23.8 Å². The van der Waals surface area contributed by atoms with Crippen molar-refractivity contribution in [3.05, 3.63) is 23.8 Å². The van der Waals surface area contributed by atoms with Gasteiger partial charge < -0.3 is 19.5 Å². The van der Waals surface area contributed by atoms with Gasteiger partial charge >= 0.3 is 5.97 Å². The van der Waals surface area contributed by atoms with Crippen LogP contribution in [0.15, 0.2) is 18.2 Å². The molecule has 2 rings (SSSR count). The topological polar surface area (TPSA) is 73.9 Å². The molecule has 7 heteroatoms. The van der Waals surface area contributed by atoms with Crippen molar-refractivity contribution in [2.24, 2.45) is 0 Å². The quantitative estimate of drug-likeness (QED) is 0.655. The maximum atomic E-state index is 12.1. The van der Waals surface area contributed by atoms with E-state index in [0.717, 1.165) is 0 Å². The Morgan fingerprint density at radius 2 is 2.15 bits per heavy atom. The molecule has 6 nitrogen and oxygen atoms in total. The van der Waals surface area contributed by atoms with E-state index in [4.69, 9.17) is 9.47 Å². The molecule has 108 valence electrons. The zero-order chi connectivity index (χ0) is 14.5. The van der Waals surface area contributed by atoms with E-state index in [0.29, 0.717) is 30.3 Å². The third-order valence-corrected chi connectivity index (χ3v) is 3.41. The van der Waals surface area contributed by atoms with Crippen molar-refractivity contribution in [3.63, 3.8) is 0 Å². The lowest BCUT2D eigenvalue weighted by Crippen LogP contribution is -2.34. The van der Waals surface area contributed by atoms with Crippen LogP contribution in [-0.2, 0) is 9.53 Å². The zero-order valence-corrected chi connectivity index (χ0v) is 12.4. The minimum Gasteiger partial charge on any atom is -0.486 e. The number of fused-ring (bicyclic) bond motifs is 1. The monoisotopic (exact) mass is 343 g/mol. The summed E-state index contributed by atoms with van der Waals surface area (Å²) < 4.78 is 15.4. The first kappa shape index (κ1) is 14.6. The number of ether oxygens (including phenoxy) is 3. The molecule has 1 aromatic rings. The number of hydrogen-bond donors (Lipinski definition) is 1. The van der Waals surface area contributed by atoms with E-state index in [9.17, 15) is 9.59 Å². The van der Waals surface area contributed by atoms with E-state index in [-0.39, 0.29) is 12.5 Å². The smallest absolute Gasteiger partial charge is 0.321 e. The molecule has 0 saturated carbocycles. The number of methoxy groups -OCH3 is 1. The highest BCUT2D eigenvalue weighted by molar-refractivity contribution is 9.10. The second kappa shape index (κ2) is 6.60. The maximum Gasteiger partial charge on any atom is 0.321 e. The van der Waals surface area contributed by atoms with Crippen LogP contribution in [0.25, 0.3) is 0 Å². The summed E-state index contributed by atoms with van der Waals surface area (Å²) in [6.45, 7) is 0.987. The lowest BCUT2D eigenvalue weighted by atomic mass is 10.1. The van der Waals surface area contributed by atoms with Gasteiger partial charge in [-0.05, 0) is 12.1 Å². The minimum atomic E-state index is -0.590. The minimum absolute atomic E-state index is 0.121. The Kier molecular flexibility index (Phi) is 4.84. The standard InChI is InChI=1S/C13H14BrNO5/c1-18-13(17)9(14)7-15-12(16)8-3-2-4-10-11(8)20-6-5-19-10/h2-4,9H,5-7H2,1H3,(H,15,16). The van der Waals surface area contributed by atoms with Crippen LogP contribution in [0.5, 0.6) is 11.5 Å². The van der Waals surface area contributed by atoms with Crippen molar-refractivity contribution in [2.45, 2.75) is 4.83 Å². The van der Waals surface area contributed by atoms with Crippen LogP contribution in [0.2, 0.25) is 0 Å². The Balaban J connectivity index is 2.05. The second-order valence-electron chi connectivity index (χ2n) is 4.03. The molecule has 1 atom stereocenters. The highest BCUT2D eigenvalue weighted by Crippen LogP contribution is 2.33. The summed E-state index contributed by atoms with van der Waals surface area (Å²) in [4.78, 5) is 22.8. The Labute approximate surface area is 124 Å². The summed E-state index contributed by atoms with van der Waals surface area (Å²) in [5.41, 5.74) is 0.381. The largest absolute Gasteiger partial charge is 0.486 e. The van der Waals surface area contributed by atoms with Crippen LogP contribution in [0.4, 0.5) is 0 Å². The molecule has 20 heavy (non-hydrogen) atoms. The highest BCUT2D eigenvalue weighted by Gasteiger charge is 2.22. The van der Waals surface area contributed by atoms with Gasteiger partial charge in [0.15, 0.2) is 11.5 Å². The van der Waals surface area contributed by atoms with E-state index >= 15 is 0 Å². The molecule has 0 bridgehead atoms. The summed E-state index contributed by atoms with van der Waals surface area (Å²) in [6.07, 6.45) is 0. The molecule has 0 aromatic heterocycles. The third kappa shape index (κ3) is 3.22. The fraction of sp³-hybridized carbons (Fsp3) is 0.385. The molecule has 1 heterocycles. The number of amides is 1. The lowest BCUT2D eigenvalue weighted by Gasteiger charge is -2.20. The summed E-state index contributed by atoms with van der Waals surface area (Å²) in [7, 11) is 1.29. The number of hydrogen-bond acceptors (Lipinski definition) is 5. The molecule has 0 fully saturated rings. The number of alkyl halides is 1. The normalized spacial score (nSPS) is 14.3. The fourth-order valence-electron chi connectivity index (χ4n) is 1.74. The van der Waals surface area contributed by atoms with Crippen LogP contribution in [0, 0.1) is 0 Å². The van der Waals surface area contributed by atoms with Crippen molar-refractivity contribution in [2.75, 3.05) is 26.9 Å². The first-order valence-corrected chi connectivity index (χ1v) is 6.93. The van der Waals surface area contributed by atoms with E-state index in [1.54, 1.807) is 18.2 Å². The molecule has 0 aliphatic carbocycles. The third-order valence-electron chi connectivity index (χ3n) is 2.71. The van der Waals surface area contributed by atoms with Gasteiger partial charge in [-0.2, -0.15) is 0 Å². The van der Waals surface area contributed by atoms with Gasteiger partial charge in [0.1, 0.15) is 18.0 Å².